The molecule has 1 aliphatic rings. The summed E-state index contributed by atoms with van der Waals surface area (Å²) < 4.78 is 5.72. The number of pyridine rings is 1. The zero-order valence-corrected chi connectivity index (χ0v) is 11.3. The van der Waals surface area contributed by atoms with Gasteiger partial charge in [0.05, 0.1) is 18.5 Å². The first-order chi connectivity index (χ1) is 8.66. The maximum absolute atomic E-state index is 5.75. The van der Waals surface area contributed by atoms with Crippen LogP contribution in [0.1, 0.15) is 37.9 Å². The summed E-state index contributed by atoms with van der Waals surface area (Å²) in [4.78, 5) is 6.70. The number of hydrogen-bond acceptors (Lipinski definition) is 4. The second-order valence-corrected chi connectivity index (χ2v) is 5.12. The highest BCUT2D eigenvalue weighted by Crippen LogP contribution is 2.19. The molecule has 2 heterocycles. The summed E-state index contributed by atoms with van der Waals surface area (Å²) in [5.41, 5.74) is 6.65. The second-order valence-electron chi connectivity index (χ2n) is 5.12. The molecule has 0 spiro atoms. The average Bonchev–Trinajstić information content (AvgIpc) is 2.76. The molecule has 0 aromatic carbocycles. The molecule has 1 aliphatic heterocycles. The second kappa shape index (κ2) is 6.16. The van der Waals surface area contributed by atoms with E-state index < -0.39 is 0 Å². The van der Waals surface area contributed by atoms with Crippen LogP contribution in [0.3, 0.4) is 0 Å². The molecule has 0 aliphatic carbocycles. The zero-order valence-electron chi connectivity index (χ0n) is 11.3. The van der Waals surface area contributed by atoms with Gasteiger partial charge in [0.2, 0.25) is 0 Å². The Morgan fingerprint density at radius 3 is 2.94 bits per heavy atom. The fraction of sp³-hybridized carbons (Fsp3) is 0.643. The van der Waals surface area contributed by atoms with E-state index in [4.69, 9.17) is 10.5 Å². The van der Waals surface area contributed by atoms with Crippen LogP contribution in [0.5, 0.6) is 5.75 Å². The molecule has 4 nitrogen and oxygen atoms in total. The predicted molar refractivity (Wildman–Crippen MR) is 72.6 cm³/mol. The highest BCUT2D eigenvalue weighted by molar-refractivity contribution is 5.21. The number of nitrogens with two attached hydrogens (primary N) is 1. The van der Waals surface area contributed by atoms with Gasteiger partial charge in [-0.15, -0.1) is 0 Å². The van der Waals surface area contributed by atoms with E-state index >= 15 is 0 Å². The molecular formula is C14H23N3O. The van der Waals surface area contributed by atoms with Gasteiger partial charge in [0.25, 0.3) is 0 Å². The number of aromatic nitrogens is 1. The molecule has 100 valence electrons. The van der Waals surface area contributed by atoms with E-state index in [-0.39, 0.29) is 6.04 Å². The third kappa shape index (κ3) is 3.43. The van der Waals surface area contributed by atoms with Crippen molar-refractivity contribution in [2.75, 3.05) is 20.2 Å². The summed E-state index contributed by atoms with van der Waals surface area (Å²) in [7, 11) is 2.19. The smallest absolute Gasteiger partial charge is 0.137 e. The summed E-state index contributed by atoms with van der Waals surface area (Å²) in [5, 5.41) is 0. The highest BCUT2D eigenvalue weighted by atomic mass is 16.5. The van der Waals surface area contributed by atoms with Gasteiger partial charge in [0.15, 0.2) is 0 Å². The molecule has 1 fully saturated rings. The first kappa shape index (κ1) is 13.3. The average molecular weight is 249 g/mol. The van der Waals surface area contributed by atoms with Gasteiger partial charge >= 0.3 is 0 Å². The first-order valence-electron chi connectivity index (χ1n) is 6.71. The third-order valence-corrected chi connectivity index (χ3v) is 3.62. The van der Waals surface area contributed by atoms with Crippen LogP contribution in [0.25, 0.3) is 0 Å². The van der Waals surface area contributed by atoms with Crippen LogP contribution in [0.4, 0.5) is 0 Å². The highest BCUT2D eigenvalue weighted by Gasteiger charge is 2.20. The third-order valence-electron chi connectivity index (χ3n) is 3.62. The van der Waals surface area contributed by atoms with Gasteiger partial charge in [-0.3, -0.25) is 4.98 Å². The van der Waals surface area contributed by atoms with E-state index in [1.54, 1.807) is 6.20 Å². The first-order valence-corrected chi connectivity index (χ1v) is 6.71. The minimum Gasteiger partial charge on any atom is -0.492 e. The van der Waals surface area contributed by atoms with E-state index in [0.717, 1.165) is 24.5 Å². The fourth-order valence-electron chi connectivity index (χ4n) is 2.40. The molecule has 2 atom stereocenters. The quantitative estimate of drug-likeness (QED) is 0.866. The van der Waals surface area contributed by atoms with Crippen molar-refractivity contribution in [3.05, 3.63) is 24.0 Å². The summed E-state index contributed by atoms with van der Waals surface area (Å²) >= 11 is 0. The SMILES string of the molecule is CC(N)c1ccc(OCCC2CCCN2C)cn1. The topological polar surface area (TPSA) is 51.4 Å². The lowest BCUT2D eigenvalue weighted by molar-refractivity contribution is 0.233. The van der Waals surface area contributed by atoms with Crippen LogP contribution >= 0.6 is 0 Å². The molecule has 0 amide bonds. The minimum atomic E-state index is -0.0220. The molecule has 1 aromatic rings. The van der Waals surface area contributed by atoms with E-state index in [9.17, 15) is 0 Å². The number of likely N-dealkylation sites (tertiary alicyclic amines) is 1. The molecule has 0 radical (unpaired) electrons. The van der Waals surface area contributed by atoms with Crippen molar-refractivity contribution in [2.24, 2.45) is 5.73 Å². The molecule has 2 rings (SSSR count). The van der Waals surface area contributed by atoms with Crippen LogP contribution in [0.15, 0.2) is 18.3 Å². The Morgan fingerprint density at radius 2 is 2.39 bits per heavy atom. The molecule has 0 saturated carbocycles. The predicted octanol–water partition coefficient (Wildman–Crippen LogP) is 1.96. The Labute approximate surface area is 109 Å². The van der Waals surface area contributed by atoms with E-state index in [0.29, 0.717) is 6.04 Å². The summed E-state index contributed by atoms with van der Waals surface area (Å²) in [5.74, 6) is 0.833. The van der Waals surface area contributed by atoms with Gasteiger partial charge in [0, 0.05) is 12.1 Å². The van der Waals surface area contributed by atoms with Crippen LogP contribution in [-0.4, -0.2) is 36.1 Å². The lowest BCUT2D eigenvalue weighted by Crippen LogP contribution is -2.26. The van der Waals surface area contributed by atoms with Crippen molar-refractivity contribution in [1.82, 2.24) is 9.88 Å². The molecule has 2 unspecified atom stereocenters. The summed E-state index contributed by atoms with van der Waals surface area (Å²) in [6.45, 7) is 3.91. The van der Waals surface area contributed by atoms with Gasteiger partial charge in [-0.05, 0) is 51.9 Å². The maximum Gasteiger partial charge on any atom is 0.137 e. The van der Waals surface area contributed by atoms with Crippen LogP contribution < -0.4 is 10.5 Å². The van der Waals surface area contributed by atoms with Crippen molar-refractivity contribution < 1.29 is 4.74 Å². The van der Waals surface area contributed by atoms with Crippen molar-refractivity contribution in [3.63, 3.8) is 0 Å². The van der Waals surface area contributed by atoms with Crippen LogP contribution in [-0.2, 0) is 0 Å². The van der Waals surface area contributed by atoms with Gasteiger partial charge in [-0.1, -0.05) is 0 Å². The zero-order chi connectivity index (χ0) is 13.0. The molecule has 1 saturated heterocycles. The standard InChI is InChI=1S/C14H23N3O/c1-11(15)14-6-5-13(10-16-14)18-9-7-12-4-3-8-17(12)2/h5-6,10-12H,3-4,7-9,15H2,1-2H3. The van der Waals surface area contributed by atoms with Crippen molar-refractivity contribution in [3.8, 4) is 5.75 Å². The number of hydrogen-bond donors (Lipinski definition) is 1. The van der Waals surface area contributed by atoms with E-state index in [2.05, 4.69) is 16.9 Å². The number of nitrogens with zero attached hydrogens (tertiary/aromatic N) is 2. The van der Waals surface area contributed by atoms with Crippen molar-refractivity contribution in [2.45, 2.75) is 38.3 Å². The molecule has 1 aromatic heterocycles. The Hall–Kier alpha value is -1.13. The Morgan fingerprint density at radius 1 is 1.56 bits per heavy atom. The Bertz CT molecular complexity index is 364. The van der Waals surface area contributed by atoms with Crippen molar-refractivity contribution >= 4 is 0 Å². The van der Waals surface area contributed by atoms with Gasteiger partial charge in [-0.25, -0.2) is 0 Å². The van der Waals surface area contributed by atoms with Crippen LogP contribution in [0.2, 0.25) is 0 Å². The molecular weight excluding hydrogens is 226 g/mol. The Kier molecular flexibility index (Phi) is 4.55. The van der Waals surface area contributed by atoms with E-state index in [1.807, 2.05) is 19.1 Å². The lowest BCUT2D eigenvalue weighted by atomic mass is 10.1. The number of rotatable bonds is 5. The van der Waals surface area contributed by atoms with Gasteiger partial charge < -0.3 is 15.4 Å². The van der Waals surface area contributed by atoms with Crippen molar-refractivity contribution in [1.29, 1.82) is 0 Å². The molecule has 0 bridgehead atoms. The lowest BCUT2D eigenvalue weighted by Gasteiger charge is -2.19. The normalized spacial score (nSPS) is 22.1. The largest absolute Gasteiger partial charge is 0.492 e. The minimum absolute atomic E-state index is 0.0220. The fourth-order valence-corrected chi connectivity index (χ4v) is 2.40. The number of ether oxygens (including phenoxy) is 1. The van der Waals surface area contributed by atoms with Crippen LogP contribution in [0, 0.1) is 0 Å². The monoisotopic (exact) mass is 249 g/mol. The maximum atomic E-state index is 5.75. The summed E-state index contributed by atoms with van der Waals surface area (Å²) in [6, 6.07) is 4.54. The van der Waals surface area contributed by atoms with Gasteiger partial charge in [0.1, 0.15) is 5.75 Å². The molecule has 18 heavy (non-hydrogen) atoms. The van der Waals surface area contributed by atoms with E-state index in [1.165, 1.54) is 19.4 Å². The van der Waals surface area contributed by atoms with Gasteiger partial charge in [-0.2, -0.15) is 0 Å². The summed E-state index contributed by atoms with van der Waals surface area (Å²) in [6.07, 6.45) is 5.45. The molecule has 4 heteroatoms. The molecule has 2 N–H and O–H groups in total. The Balaban J connectivity index is 1.76.